The molecule has 1 N–H and O–H groups in total. The smallest absolute Gasteiger partial charge is 0.0503 e. The highest BCUT2D eigenvalue weighted by atomic mass is 16.5. The standard InChI is InChI=1S/C11H24N2O/c1-4-12-7-10(2)13-6-5-11(8-13)9-14-3/h10-12H,4-9H2,1-3H3. The Hall–Kier alpha value is -0.120. The molecule has 0 aromatic carbocycles. The molecule has 1 heterocycles. The van der Waals surface area contributed by atoms with Gasteiger partial charge in [-0.15, -0.1) is 0 Å². The Kier molecular flexibility index (Phi) is 5.45. The van der Waals surface area contributed by atoms with E-state index in [0.29, 0.717) is 6.04 Å². The van der Waals surface area contributed by atoms with Gasteiger partial charge in [0.2, 0.25) is 0 Å². The molecule has 1 rings (SSSR count). The van der Waals surface area contributed by atoms with Crippen LogP contribution in [0.15, 0.2) is 0 Å². The summed E-state index contributed by atoms with van der Waals surface area (Å²) in [5.41, 5.74) is 0. The molecule has 14 heavy (non-hydrogen) atoms. The molecule has 0 bridgehead atoms. The maximum atomic E-state index is 5.19. The summed E-state index contributed by atoms with van der Waals surface area (Å²) in [6.07, 6.45) is 1.30. The number of likely N-dealkylation sites (tertiary alicyclic amines) is 1. The first-order valence-corrected chi connectivity index (χ1v) is 5.71. The number of likely N-dealkylation sites (N-methyl/N-ethyl adjacent to an activating group) is 1. The van der Waals surface area contributed by atoms with Crippen molar-refractivity contribution in [3.63, 3.8) is 0 Å². The van der Waals surface area contributed by atoms with E-state index in [1.165, 1.54) is 19.5 Å². The zero-order valence-corrected chi connectivity index (χ0v) is 9.75. The van der Waals surface area contributed by atoms with Gasteiger partial charge in [-0.05, 0) is 32.4 Å². The molecule has 2 unspecified atom stereocenters. The van der Waals surface area contributed by atoms with Gasteiger partial charge in [0.25, 0.3) is 0 Å². The second-order valence-electron chi connectivity index (χ2n) is 4.26. The number of rotatable bonds is 6. The molecule has 0 aromatic heterocycles. The van der Waals surface area contributed by atoms with Crippen LogP contribution in [0.1, 0.15) is 20.3 Å². The maximum absolute atomic E-state index is 5.19. The number of ether oxygens (including phenoxy) is 1. The summed E-state index contributed by atoms with van der Waals surface area (Å²) in [6, 6.07) is 0.664. The molecule has 1 fully saturated rings. The largest absolute Gasteiger partial charge is 0.384 e. The van der Waals surface area contributed by atoms with Crippen LogP contribution in [0.5, 0.6) is 0 Å². The average Bonchev–Trinajstić information content (AvgIpc) is 2.63. The Morgan fingerprint density at radius 1 is 1.57 bits per heavy atom. The van der Waals surface area contributed by atoms with Crippen molar-refractivity contribution >= 4 is 0 Å². The molecule has 1 aliphatic rings. The van der Waals surface area contributed by atoms with Gasteiger partial charge in [-0.25, -0.2) is 0 Å². The first-order chi connectivity index (χ1) is 6.77. The highest BCUT2D eigenvalue weighted by Crippen LogP contribution is 2.18. The number of nitrogens with zero attached hydrogens (tertiary/aromatic N) is 1. The number of hydrogen-bond donors (Lipinski definition) is 1. The van der Waals surface area contributed by atoms with Gasteiger partial charge in [0.1, 0.15) is 0 Å². The molecule has 1 saturated heterocycles. The van der Waals surface area contributed by atoms with Gasteiger partial charge in [-0.2, -0.15) is 0 Å². The SMILES string of the molecule is CCNCC(C)N1CCC(COC)C1. The molecule has 0 aliphatic carbocycles. The van der Waals surface area contributed by atoms with E-state index >= 15 is 0 Å². The number of methoxy groups -OCH3 is 1. The monoisotopic (exact) mass is 200 g/mol. The normalized spacial score (nSPS) is 25.5. The minimum Gasteiger partial charge on any atom is -0.384 e. The maximum Gasteiger partial charge on any atom is 0.0503 e. The summed E-state index contributed by atoms with van der Waals surface area (Å²) in [7, 11) is 1.80. The van der Waals surface area contributed by atoms with E-state index in [1.54, 1.807) is 7.11 Å². The van der Waals surface area contributed by atoms with Crippen LogP contribution in [0.3, 0.4) is 0 Å². The lowest BCUT2D eigenvalue weighted by atomic mass is 10.1. The van der Waals surface area contributed by atoms with Crippen molar-refractivity contribution in [1.82, 2.24) is 10.2 Å². The second kappa shape index (κ2) is 6.38. The third-order valence-electron chi connectivity index (χ3n) is 3.03. The van der Waals surface area contributed by atoms with Crippen LogP contribution in [0.2, 0.25) is 0 Å². The van der Waals surface area contributed by atoms with Gasteiger partial charge >= 0.3 is 0 Å². The van der Waals surface area contributed by atoms with E-state index in [0.717, 1.165) is 25.6 Å². The predicted octanol–water partition coefficient (Wildman–Crippen LogP) is 0.953. The zero-order chi connectivity index (χ0) is 10.4. The van der Waals surface area contributed by atoms with Gasteiger partial charge in [-0.1, -0.05) is 6.92 Å². The minimum atomic E-state index is 0.664. The fourth-order valence-corrected chi connectivity index (χ4v) is 2.12. The number of nitrogens with one attached hydrogen (secondary N) is 1. The molecule has 84 valence electrons. The fraction of sp³-hybridized carbons (Fsp3) is 1.00. The summed E-state index contributed by atoms with van der Waals surface area (Å²) in [6.45, 7) is 10.0. The van der Waals surface area contributed by atoms with Gasteiger partial charge < -0.3 is 10.1 Å². The lowest BCUT2D eigenvalue weighted by Crippen LogP contribution is -2.39. The molecular formula is C11H24N2O. The third-order valence-corrected chi connectivity index (χ3v) is 3.03. The Labute approximate surface area is 87.8 Å². The lowest BCUT2D eigenvalue weighted by molar-refractivity contribution is 0.148. The molecule has 3 heteroatoms. The first-order valence-electron chi connectivity index (χ1n) is 5.71. The predicted molar refractivity (Wildman–Crippen MR) is 59.6 cm³/mol. The van der Waals surface area contributed by atoms with Crippen molar-refractivity contribution < 1.29 is 4.74 Å². The van der Waals surface area contributed by atoms with E-state index in [1.807, 2.05) is 0 Å². The Bertz CT molecular complexity index is 152. The quantitative estimate of drug-likeness (QED) is 0.691. The van der Waals surface area contributed by atoms with Crippen LogP contribution in [0, 0.1) is 5.92 Å². The van der Waals surface area contributed by atoms with Crippen LogP contribution in [-0.2, 0) is 4.74 Å². The fourth-order valence-electron chi connectivity index (χ4n) is 2.12. The van der Waals surface area contributed by atoms with Crippen LogP contribution < -0.4 is 5.32 Å². The van der Waals surface area contributed by atoms with Gasteiger partial charge in [0.15, 0.2) is 0 Å². The number of hydrogen-bond acceptors (Lipinski definition) is 3. The Morgan fingerprint density at radius 2 is 2.36 bits per heavy atom. The first kappa shape index (κ1) is 12.0. The zero-order valence-electron chi connectivity index (χ0n) is 9.75. The van der Waals surface area contributed by atoms with Crippen molar-refractivity contribution in [1.29, 1.82) is 0 Å². The summed E-state index contributed by atoms with van der Waals surface area (Å²) in [4.78, 5) is 2.56. The minimum absolute atomic E-state index is 0.664. The van der Waals surface area contributed by atoms with Crippen LogP contribution in [0.25, 0.3) is 0 Å². The molecule has 0 radical (unpaired) electrons. The van der Waals surface area contributed by atoms with E-state index in [9.17, 15) is 0 Å². The van der Waals surface area contributed by atoms with Crippen molar-refractivity contribution in [2.75, 3.05) is 39.9 Å². The van der Waals surface area contributed by atoms with Crippen molar-refractivity contribution in [2.45, 2.75) is 26.3 Å². The average molecular weight is 200 g/mol. The summed E-state index contributed by atoms with van der Waals surface area (Å²) >= 11 is 0. The highest BCUT2D eigenvalue weighted by Gasteiger charge is 2.25. The van der Waals surface area contributed by atoms with E-state index in [-0.39, 0.29) is 0 Å². The molecule has 1 aliphatic heterocycles. The molecule has 0 aromatic rings. The molecule has 0 saturated carbocycles. The van der Waals surface area contributed by atoms with Crippen molar-refractivity contribution in [2.24, 2.45) is 5.92 Å². The van der Waals surface area contributed by atoms with Crippen LogP contribution >= 0.6 is 0 Å². The van der Waals surface area contributed by atoms with Crippen molar-refractivity contribution in [3.05, 3.63) is 0 Å². The van der Waals surface area contributed by atoms with E-state index in [4.69, 9.17) is 4.74 Å². The Morgan fingerprint density at radius 3 is 3.00 bits per heavy atom. The second-order valence-corrected chi connectivity index (χ2v) is 4.26. The molecule has 0 amide bonds. The third kappa shape index (κ3) is 3.56. The topological polar surface area (TPSA) is 24.5 Å². The summed E-state index contributed by atoms with van der Waals surface area (Å²) < 4.78 is 5.19. The summed E-state index contributed by atoms with van der Waals surface area (Å²) in [5, 5.41) is 3.40. The van der Waals surface area contributed by atoms with E-state index in [2.05, 4.69) is 24.1 Å². The molecular weight excluding hydrogens is 176 g/mol. The summed E-state index contributed by atoms with van der Waals surface area (Å²) in [5.74, 6) is 0.754. The highest BCUT2D eigenvalue weighted by molar-refractivity contribution is 4.80. The Balaban J connectivity index is 2.19. The van der Waals surface area contributed by atoms with Gasteiger partial charge in [-0.3, -0.25) is 4.90 Å². The van der Waals surface area contributed by atoms with Gasteiger partial charge in [0.05, 0.1) is 6.61 Å². The molecule has 3 nitrogen and oxygen atoms in total. The van der Waals surface area contributed by atoms with Crippen molar-refractivity contribution in [3.8, 4) is 0 Å². The van der Waals surface area contributed by atoms with Gasteiger partial charge in [0, 0.05) is 26.2 Å². The van der Waals surface area contributed by atoms with E-state index < -0.39 is 0 Å². The van der Waals surface area contributed by atoms with Crippen LogP contribution in [-0.4, -0.2) is 50.8 Å². The lowest BCUT2D eigenvalue weighted by Gasteiger charge is -2.24. The molecule has 2 atom stereocenters. The molecule has 0 spiro atoms. The van der Waals surface area contributed by atoms with Crippen LogP contribution in [0.4, 0.5) is 0 Å².